The van der Waals surface area contributed by atoms with Crippen LogP contribution in [0.25, 0.3) is 0 Å². The van der Waals surface area contributed by atoms with Gasteiger partial charge in [0, 0.05) is 38.9 Å². The van der Waals surface area contributed by atoms with E-state index in [1.54, 1.807) is 6.20 Å². The van der Waals surface area contributed by atoms with Crippen LogP contribution in [0, 0.1) is 6.92 Å². The highest BCUT2D eigenvalue weighted by atomic mass is 16.5. The van der Waals surface area contributed by atoms with Gasteiger partial charge in [-0.2, -0.15) is 0 Å². The lowest BCUT2D eigenvalue weighted by molar-refractivity contribution is -0.137. The number of piperidine rings is 2. The van der Waals surface area contributed by atoms with Crippen molar-refractivity contribution in [1.82, 2.24) is 24.7 Å². The molecule has 8 nitrogen and oxygen atoms in total. The summed E-state index contributed by atoms with van der Waals surface area (Å²) in [6, 6.07) is -0.106. The molecule has 0 N–H and O–H groups in total. The SMILES string of the molecule is Cc1nc([C@H]2CCCCN2C(=O)CN2CCOCC2)ncc1C(=O)N1CCCCC1. The third-order valence-electron chi connectivity index (χ3n) is 6.46. The largest absolute Gasteiger partial charge is 0.379 e. The first-order valence-corrected chi connectivity index (χ1v) is 11.4. The minimum Gasteiger partial charge on any atom is -0.379 e. The molecule has 0 saturated carbocycles. The van der Waals surface area contributed by atoms with Gasteiger partial charge in [-0.15, -0.1) is 0 Å². The topological polar surface area (TPSA) is 78.9 Å². The Hall–Kier alpha value is -2.06. The number of likely N-dealkylation sites (tertiary alicyclic amines) is 2. The summed E-state index contributed by atoms with van der Waals surface area (Å²) in [6.45, 7) is 7.64. The third kappa shape index (κ3) is 4.81. The van der Waals surface area contributed by atoms with Gasteiger partial charge in [-0.25, -0.2) is 9.97 Å². The molecular weight excluding hydrogens is 382 g/mol. The van der Waals surface area contributed by atoms with Crippen LogP contribution in [0.1, 0.15) is 66.4 Å². The summed E-state index contributed by atoms with van der Waals surface area (Å²) in [4.78, 5) is 41.2. The Morgan fingerprint density at radius 1 is 1.03 bits per heavy atom. The van der Waals surface area contributed by atoms with Crippen molar-refractivity contribution >= 4 is 11.8 Å². The number of hydrogen-bond acceptors (Lipinski definition) is 6. The lowest BCUT2D eigenvalue weighted by Gasteiger charge is -2.37. The first kappa shape index (κ1) is 21.2. The summed E-state index contributed by atoms with van der Waals surface area (Å²) in [7, 11) is 0. The van der Waals surface area contributed by atoms with Crippen molar-refractivity contribution in [3.63, 3.8) is 0 Å². The van der Waals surface area contributed by atoms with Gasteiger partial charge in [-0.05, 0) is 45.4 Å². The van der Waals surface area contributed by atoms with Crippen molar-refractivity contribution in [3.8, 4) is 0 Å². The minimum absolute atomic E-state index is 0.0302. The van der Waals surface area contributed by atoms with Crippen LogP contribution in [0.4, 0.5) is 0 Å². The number of hydrogen-bond donors (Lipinski definition) is 0. The fourth-order valence-electron chi connectivity index (χ4n) is 4.66. The molecule has 3 saturated heterocycles. The van der Waals surface area contributed by atoms with Gasteiger partial charge in [0.25, 0.3) is 5.91 Å². The molecular formula is C22H33N5O3. The van der Waals surface area contributed by atoms with Crippen molar-refractivity contribution in [1.29, 1.82) is 0 Å². The average molecular weight is 416 g/mol. The van der Waals surface area contributed by atoms with Crippen LogP contribution in [0.3, 0.4) is 0 Å². The van der Waals surface area contributed by atoms with Crippen molar-refractivity contribution in [2.45, 2.75) is 51.5 Å². The van der Waals surface area contributed by atoms with E-state index in [0.29, 0.717) is 36.8 Å². The second kappa shape index (κ2) is 9.83. The number of aryl methyl sites for hydroxylation is 1. The second-order valence-corrected chi connectivity index (χ2v) is 8.57. The molecule has 4 rings (SSSR count). The molecule has 3 aliphatic heterocycles. The van der Waals surface area contributed by atoms with Gasteiger partial charge < -0.3 is 14.5 Å². The van der Waals surface area contributed by atoms with Gasteiger partial charge in [0.2, 0.25) is 5.91 Å². The molecule has 0 radical (unpaired) electrons. The fourth-order valence-corrected chi connectivity index (χ4v) is 4.66. The summed E-state index contributed by atoms with van der Waals surface area (Å²) >= 11 is 0. The number of ether oxygens (including phenoxy) is 1. The summed E-state index contributed by atoms with van der Waals surface area (Å²) < 4.78 is 5.39. The predicted octanol–water partition coefficient (Wildman–Crippen LogP) is 1.80. The molecule has 0 unspecified atom stereocenters. The number of aromatic nitrogens is 2. The van der Waals surface area contributed by atoms with Crippen molar-refractivity contribution in [2.24, 2.45) is 0 Å². The summed E-state index contributed by atoms with van der Waals surface area (Å²) in [5, 5.41) is 0. The lowest BCUT2D eigenvalue weighted by atomic mass is 10.0. The van der Waals surface area contributed by atoms with E-state index in [9.17, 15) is 9.59 Å². The quantitative estimate of drug-likeness (QED) is 0.746. The van der Waals surface area contributed by atoms with E-state index < -0.39 is 0 Å². The highest BCUT2D eigenvalue weighted by molar-refractivity contribution is 5.95. The van der Waals surface area contributed by atoms with Crippen LogP contribution in [-0.4, -0.2) is 89.0 Å². The molecule has 30 heavy (non-hydrogen) atoms. The summed E-state index contributed by atoms with van der Waals surface area (Å²) in [5.41, 5.74) is 1.30. The number of nitrogens with zero attached hydrogens (tertiary/aromatic N) is 5. The van der Waals surface area contributed by atoms with Crippen molar-refractivity contribution in [3.05, 3.63) is 23.3 Å². The number of carbonyl (C=O) groups is 2. The minimum atomic E-state index is -0.106. The highest BCUT2D eigenvalue weighted by Gasteiger charge is 2.32. The van der Waals surface area contributed by atoms with Crippen LogP contribution in [0.2, 0.25) is 0 Å². The Labute approximate surface area is 178 Å². The van der Waals surface area contributed by atoms with Gasteiger partial charge in [0.05, 0.1) is 37.1 Å². The second-order valence-electron chi connectivity index (χ2n) is 8.57. The molecule has 1 atom stereocenters. The summed E-state index contributed by atoms with van der Waals surface area (Å²) in [6.07, 6.45) is 7.92. The van der Waals surface area contributed by atoms with Crippen LogP contribution >= 0.6 is 0 Å². The molecule has 0 bridgehead atoms. The zero-order valence-electron chi connectivity index (χ0n) is 18.0. The zero-order chi connectivity index (χ0) is 20.9. The molecule has 1 aromatic heterocycles. The monoisotopic (exact) mass is 415 g/mol. The van der Waals surface area contributed by atoms with E-state index in [2.05, 4.69) is 9.88 Å². The summed E-state index contributed by atoms with van der Waals surface area (Å²) in [5.74, 6) is 0.830. The first-order chi connectivity index (χ1) is 14.6. The molecule has 3 fully saturated rings. The fraction of sp³-hybridized carbons (Fsp3) is 0.727. The van der Waals surface area contributed by atoms with E-state index in [0.717, 1.165) is 64.8 Å². The Balaban J connectivity index is 1.47. The Morgan fingerprint density at radius 3 is 2.50 bits per heavy atom. The van der Waals surface area contributed by atoms with E-state index in [4.69, 9.17) is 9.72 Å². The number of morpholine rings is 1. The molecule has 0 aromatic carbocycles. The van der Waals surface area contributed by atoms with Gasteiger partial charge in [0.1, 0.15) is 0 Å². The highest BCUT2D eigenvalue weighted by Crippen LogP contribution is 2.29. The maximum Gasteiger partial charge on any atom is 0.257 e. The third-order valence-corrected chi connectivity index (χ3v) is 6.46. The van der Waals surface area contributed by atoms with Gasteiger partial charge in [0.15, 0.2) is 5.82 Å². The molecule has 3 aliphatic rings. The van der Waals surface area contributed by atoms with Crippen LogP contribution in [0.15, 0.2) is 6.20 Å². The normalized spacial score (nSPS) is 23.4. The molecule has 8 heteroatoms. The number of amides is 2. The Kier molecular flexibility index (Phi) is 6.94. The van der Waals surface area contributed by atoms with E-state index >= 15 is 0 Å². The zero-order valence-corrected chi connectivity index (χ0v) is 18.0. The molecule has 0 spiro atoms. The molecule has 0 aliphatic carbocycles. The van der Waals surface area contributed by atoms with Gasteiger partial charge in [-0.1, -0.05) is 0 Å². The number of rotatable bonds is 4. The van der Waals surface area contributed by atoms with E-state index in [-0.39, 0.29) is 17.9 Å². The molecule has 2 amide bonds. The Bertz CT molecular complexity index is 759. The van der Waals surface area contributed by atoms with Gasteiger partial charge in [-0.3, -0.25) is 14.5 Å². The molecule has 1 aromatic rings. The standard InChI is InChI=1S/C22H33N5O3/c1-17-18(22(29)26-8-4-2-5-9-26)15-23-21(24-17)19-7-3-6-10-27(19)20(28)16-25-11-13-30-14-12-25/h15,19H,2-14,16H2,1H3/t19-/m1/s1. The van der Waals surface area contributed by atoms with E-state index in [1.165, 1.54) is 6.42 Å². The molecule has 164 valence electrons. The van der Waals surface area contributed by atoms with Crippen molar-refractivity contribution < 1.29 is 14.3 Å². The molecule has 4 heterocycles. The van der Waals surface area contributed by atoms with Gasteiger partial charge >= 0.3 is 0 Å². The lowest BCUT2D eigenvalue weighted by Crippen LogP contribution is -2.47. The van der Waals surface area contributed by atoms with Crippen molar-refractivity contribution in [2.75, 3.05) is 52.5 Å². The Morgan fingerprint density at radius 2 is 1.77 bits per heavy atom. The van der Waals surface area contributed by atoms with Crippen LogP contribution in [-0.2, 0) is 9.53 Å². The average Bonchev–Trinajstić information content (AvgIpc) is 2.80. The van der Waals surface area contributed by atoms with Crippen LogP contribution in [0.5, 0.6) is 0 Å². The smallest absolute Gasteiger partial charge is 0.257 e. The maximum atomic E-state index is 13.0. The first-order valence-electron chi connectivity index (χ1n) is 11.4. The van der Waals surface area contributed by atoms with Crippen LogP contribution < -0.4 is 0 Å². The predicted molar refractivity (Wildman–Crippen MR) is 112 cm³/mol. The number of carbonyl (C=O) groups excluding carboxylic acids is 2. The van der Waals surface area contributed by atoms with E-state index in [1.807, 2.05) is 16.7 Å². The maximum absolute atomic E-state index is 13.0.